The lowest BCUT2D eigenvalue weighted by molar-refractivity contribution is -0.128. The minimum absolute atomic E-state index is 0.0439. The van der Waals surface area contributed by atoms with Crippen LogP contribution in [0.3, 0.4) is 0 Å². The molecule has 2 aliphatic rings. The van der Waals surface area contributed by atoms with Gasteiger partial charge in [-0.25, -0.2) is 0 Å². The van der Waals surface area contributed by atoms with Crippen molar-refractivity contribution in [3.63, 3.8) is 0 Å². The summed E-state index contributed by atoms with van der Waals surface area (Å²) in [5.41, 5.74) is -0.727. The van der Waals surface area contributed by atoms with Crippen LogP contribution in [0.5, 0.6) is 0 Å². The van der Waals surface area contributed by atoms with Crippen LogP contribution in [0.15, 0.2) is 0 Å². The maximum absolute atomic E-state index is 12.2. The van der Waals surface area contributed by atoms with Gasteiger partial charge in [0.1, 0.15) is 5.41 Å². The first kappa shape index (κ1) is 14.3. The summed E-state index contributed by atoms with van der Waals surface area (Å²) in [6, 6.07) is 2.25. The maximum Gasteiger partial charge on any atom is 0.240 e. The van der Waals surface area contributed by atoms with Crippen LogP contribution in [0.2, 0.25) is 0 Å². The number of piperidine rings is 1. The predicted octanol–water partition coefficient (Wildman–Crippen LogP) is 1.92. The Morgan fingerprint density at radius 1 is 1.42 bits per heavy atom. The van der Waals surface area contributed by atoms with Crippen LogP contribution in [0.1, 0.15) is 45.4 Å². The number of nitrogens with one attached hydrogen (secondary N) is 1. The van der Waals surface area contributed by atoms with Crippen molar-refractivity contribution in [2.24, 2.45) is 11.3 Å². The number of hydrogen-bond donors (Lipinski definition) is 1. The van der Waals surface area contributed by atoms with E-state index >= 15 is 0 Å². The molecule has 2 fully saturated rings. The zero-order chi connectivity index (χ0) is 13.7. The van der Waals surface area contributed by atoms with E-state index in [0.29, 0.717) is 6.54 Å². The third kappa shape index (κ3) is 3.48. The highest BCUT2D eigenvalue weighted by molar-refractivity contribution is 5.85. The number of amides is 1. The molecule has 1 aliphatic carbocycles. The molecule has 1 atom stereocenters. The predicted molar refractivity (Wildman–Crippen MR) is 74.4 cm³/mol. The SMILES string of the molecule is CC1CCCN(CCNC(=O)C2(C#N)CCCC2)C1. The Balaban J connectivity index is 1.73. The van der Waals surface area contributed by atoms with Crippen molar-refractivity contribution < 1.29 is 4.79 Å². The number of likely N-dealkylation sites (tertiary alicyclic amines) is 1. The lowest BCUT2D eigenvalue weighted by Gasteiger charge is -2.31. The summed E-state index contributed by atoms with van der Waals surface area (Å²) in [4.78, 5) is 14.6. The second-order valence-electron chi connectivity index (χ2n) is 6.20. The summed E-state index contributed by atoms with van der Waals surface area (Å²) in [5.74, 6) is 0.724. The average Bonchev–Trinajstić information content (AvgIpc) is 2.89. The van der Waals surface area contributed by atoms with Gasteiger partial charge in [0.25, 0.3) is 0 Å². The van der Waals surface area contributed by atoms with E-state index in [9.17, 15) is 10.1 Å². The Kier molecular flexibility index (Phi) is 4.81. The number of carbonyl (C=O) groups is 1. The summed E-state index contributed by atoms with van der Waals surface area (Å²) in [6.07, 6.45) is 6.05. The highest BCUT2D eigenvalue weighted by Gasteiger charge is 2.41. The molecule has 0 aromatic carbocycles. The molecular formula is C15H25N3O. The third-order valence-electron chi connectivity index (χ3n) is 4.56. The topological polar surface area (TPSA) is 56.1 Å². The molecule has 0 aromatic rings. The molecule has 0 spiro atoms. The van der Waals surface area contributed by atoms with Crippen LogP contribution >= 0.6 is 0 Å². The van der Waals surface area contributed by atoms with Crippen LogP contribution in [0.4, 0.5) is 0 Å². The van der Waals surface area contributed by atoms with Crippen molar-refractivity contribution in [3.8, 4) is 6.07 Å². The first-order valence-corrected chi connectivity index (χ1v) is 7.58. The quantitative estimate of drug-likeness (QED) is 0.843. The van der Waals surface area contributed by atoms with Crippen LogP contribution in [0, 0.1) is 22.7 Å². The van der Waals surface area contributed by atoms with E-state index in [2.05, 4.69) is 23.2 Å². The Labute approximate surface area is 116 Å². The van der Waals surface area contributed by atoms with E-state index in [4.69, 9.17) is 0 Å². The van der Waals surface area contributed by atoms with Gasteiger partial charge in [0.05, 0.1) is 6.07 Å². The van der Waals surface area contributed by atoms with E-state index in [1.807, 2.05) is 0 Å². The van der Waals surface area contributed by atoms with Crippen molar-refractivity contribution in [2.75, 3.05) is 26.2 Å². The maximum atomic E-state index is 12.2. The zero-order valence-corrected chi connectivity index (χ0v) is 12.0. The summed E-state index contributed by atoms with van der Waals surface area (Å²) in [5, 5.41) is 12.2. The molecule has 0 radical (unpaired) electrons. The molecule has 2 rings (SSSR count). The lowest BCUT2D eigenvalue weighted by atomic mass is 9.87. The molecule has 19 heavy (non-hydrogen) atoms. The average molecular weight is 263 g/mol. The van der Waals surface area contributed by atoms with Gasteiger partial charge in [-0.05, 0) is 38.1 Å². The molecule has 1 saturated heterocycles. The third-order valence-corrected chi connectivity index (χ3v) is 4.56. The minimum Gasteiger partial charge on any atom is -0.353 e. The second kappa shape index (κ2) is 6.38. The van der Waals surface area contributed by atoms with E-state index in [1.54, 1.807) is 0 Å². The monoisotopic (exact) mass is 263 g/mol. The van der Waals surface area contributed by atoms with Crippen molar-refractivity contribution in [1.29, 1.82) is 5.26 Å². The number of carbonyl (C=O) groups excluding carboxylic acids is 1. The molecule has 1 N–H and O–H groups in total. The van der Waals surface area contributed by atoms with E-state index in [0.717, 1.165) is 51.2 Å². The largest absolute Gasteiger partial charge is 0.353 e. The summed E-state index contributed by atoms with van der Waals surface area (Å²) in [7, 11) is 0. The fourth-order valence-electron chi connectivity index (χ4n) is 3.35. The van der Waals surface area contributed by atoms with Gasteiger partial charge in [0.15, 0.2) is 0 Å². The van der Waals surface area contributed by atoms with Crippen LogP contribution in [-0.2, 0) is 4.79 Å². The van der Waals surface area contributed by atoms with Crippen LogP contribution in [0.25, 0.3) is 0 Å². The van der Waals surface area contributed by atoms with Gasteiger partial charge in [-0.1, -0.05) is 19.8 Å². The van der Waals surface area contributed by atoms with Gasteiger partial charge in [-0.2, -0.15) is 5.26 Å². The van der Waals surface area contributed by atoms with Gasteiger partial charge < -0.3 is 10.2 Å². The molecule has 0 bridgehead atoms. The Bertz CT molecular complexity index is 355. The van der Waals surface area contributed by atoms with Crippen molar-refractivity contribution in [2.45, 2.75) is 45.4 Å². The summed E-state index contributed by atoms with van der Waals surface area (Å²) < 4.78 is 0. The fraction of sp³-hybridized carbons (Fsp3) is 0.867. The Morgan fingerprint density at radius 3 is 2.79 bits per heavy atom. The molecule has 1 amide bonds. The fourth-order valence-corrected chi connectivity index (χ4v) is 3.35. The molecular weight excluding hydrogens is 238 g/mol. The van der Waals surface area contributed by atoms with Crippen molar-refractivity contribution in [3.05, 3.63) is 0 Å². The zero-order valence-electron chi connectivity index (χ0n) is 12.0. The molecule has 4 heteroatoms. The highest BCUT2D eigenvalue weighted by Crippen LogP contribution is 2.37. The van der Waals surface area contributed by atoms with Gasteiger partial charge in [0, 0.05) is 19.6 Å². The minimum atomic E-state index is -0.727. The van der Waals surface area contributed by atoms with E-state index in [1.165, 1.54) is 12.8 Å². The molecule has 106 valence electrons. The van der Waals surface area contributed by atoms with Gasteiger partial charge in [-0.15, -0.1) is 0 Å². The van der Waals surface area contributed by atoms with Crippen molar-refractivity contribution in [1.82, 2.24) is 10.2 Å². The van der Waals surface area contributed by atoms with Gasteiger partial charge >= 0.3 is 0 Å². The number of hydrogen-bond acceptors (Lipinski definition) is 3. The first-order chi connectivity index (χ1) is 9.16. The molecule has 1 heterocycles. The van der Waals surface area contributed by atoms with E-state index < -0.39 is 5.41 Å². The Hall–Kier alpha value is -1.08. The molecule has 0 aromatic heterocycles. The molecule has 4 nitrogen and oxygen atoms in total. The lowest BCUT2D eigenvalue weighted by Crippen LogP contribution is -2.44. The molecule has 1 aliphatic heterocycles. The smallest absolute Gasteiger partial charge is 0.240 e. The number of nitrogens with zero attached hydrogens (tertiary/aromatic N) is 2. The van der Waals surface area contributed by atoms with Gasteiger partial charge in [0.2, 0.25) is 5.91 Å². The van der Waals surface area contributed by atoms with Crippen LogP contribution in [-0.4, -0.2) is 37.0 Å². The number of rotatable bonds is 4. The first-order valence-electron chi connectivity index (χ1n) is 7.58. The molecule has 1 unspecified atom stereocenters. The second-order valence-corrected chi connectivity index (χ2v) is 6.20. The summed E-state index contributed by atoms with van der Waals surface area (Å²) >= 11 is 0. The van der Waals surface area contributed by atoms with Crippen molar-refractivity contribution >= 4 is 5.91 Å². The summed E-state index contributed by atoms with van der Waals surface area (Å²) in [6.45, 7) is 6.16. The highest BCUT2D eigenvalue weighted by atomic mass is 16.2. The number of nitriles is 1. The van der Waals surface area contributed by atoms with E-state index in [-0.39, 0.29) is 5.91 Å². The molecule has 1 saturated carbocycles. The normalized spacial score (nSPS) is 26.8. The standard InChI is InChI=1S/C15H25N3O/c1-13-5-4-9-18(11-13)10-8-17-14(19)15(12-16)6-2-3-7-15/h13H,2-11H2,1H3,(H,17,19). The Morgan fingerprint density at radius 2 is 2.16 bits per heavy atom. The van der Waals surface area contributed by atoms with Gasteiger partial charge in [-0.3, -0.25) is 4.79 Å². The van der Waals surface area contributed by atoms with Crippen LogP contribution < -0.4 is 5.32 Å².